The molecule has 442 valence electrons. The number of anilines is 6. The predicted molar refractivity (Wildman–Crippen MR) is 311 cm³/mol. The molecule has 0 unspecified atom stereocenters. The molecule has 2 amide bonds. The number of nitrogens with one attached hydrogen (secondary N) is 6. The third-order valence-electron chi connectivity index (χ3n) is 12.6. The van der Waals surface area contributed by atoms with Crippen molar-refractivity contribution in [2.45, 2.75) is 104 Å². The summed E-state index contributed by atoms with van der Waals surface area (Å²) in [5, 5.41) is 26.6. The van der Waals surface area contributed by atoms with Crippen LogP contribution in [0.5, 0.6) is 35.0 Å². The van der Waals surface area contributed by atoms with E-state index in [9.17, 15) is 19.2 Å². The molecule has 0 fully saturated rings. The number of ether oxygens (including phenoxy) is 7. The van der Waals surface area contributed by atoms with Crippen LogP contribution < -0.4 is 60.3 Å². The molecular weight excluding hydrogens is 1070 g/mol. The fourth-order valence-corrected chi connectivity index (χ4v) is 8.35. The lowest BCUT2D eigenvalue weighted by atomic mass is 10.1. The molecule has 6 heterocycles. The van der Waals surface area contributed by atoms with E-state index >= 15 is 0 Å². The number of methoxy groups -OCH3 is 1. The number of fused-ring (bicyclic) bond motifs is 24. The first kappa shape index (κ1) is 61.4. The summed E-state index contributed by atoms with van der Waals surface area (Å²) in [6.45, 7) is 6.89. The minimum Gasteiger partial charge on any atom is -0.494 e. The van der Waals surface area contributed by atoms with E-state index in [1.807, 2.05) is 62.4 Å². The summed E-state index contributed by atoms with van der Waals surface area (Å²) < 4.78 is 39.6. The third-order valence-corrected chi connectivity index (χ3v) is 12.6. The molecule has 10 rings (SSSR count). The van der Waals surface area contributed by atoms with E-state index in [4.69, 9.17) is 33.5 Å². The van der Waals surface area contributed by atoms with Crippen LogP contribution in [0.4, 0.5) is 35.2 Å². The molecule has 7 N–H and O–H groups in total. The molecule has 0 saturated carbocycles. The molecule has 4 aromatic carbocycles. The Morgan fingerprint density at radius 3 is 1.28 bits per heavy atom. The van der Waals surface area contributed by atoms with E-state index < -0.39 is 30.3 Å². The van der Waals surface area contributed by atoms with Crippen LogP contribution in [0.2, 0.25) is 0 Å². The van der Waals surface area contributed by atoms with Gasteiger partial charge in [-0.3, -0.25) is 19.2 Å². The number of benzene rings is 4. The van der Waals surface area contributed by atoms with E-state index in [-0.39, 0.29) is 36.0 Å². The van der Waals surface area contributed by atoms with Gasteiger partial charge >= 0.3 is 24.0 Å². The lowest BCUT2D eigenvalue weighted by Gasteiger charge is -2.14. The summed E-state index contributed by atoms with van der Waals surface area (Å²) >= 11 is 0. The number of hydrogen-bond donors (Lipinski definition) is 7. The van der Waals surface area contributed by atoms with Gasteiger partial charge in [0.2, 0.25) is 23.8 Å². The predicted octanol–water partition coefficient (Wildman–Crippen LogP) is 9.19. The fraction of sp³-hybridized carbons (Fsp3) is 0.424. The molecule has 0 aliphatic carbocycles. The Morgan fingerprint density at radius 2 is 0.880 bits per heavy atom. The molecule has 4 aliphatic heterocycles. The van der Waals surface area contributed by atoms with Crippen molar-refractivity contribution in [1.29, 1.82) is 0 Å². The number of aromatic nitrogens is 6. The molecule has 0 atom stereocenters. The number of amides is 2. The van der Waals surface area contributed by atoms with E-state index in [2.05, 4.69) is 66.5 Å². The minimum absolute atomic E-state index is 0.155. The normalized spacial score (nSPS) is 14.3. The molecule has 0 spiro atoms. The van der Waals surface area contributed by atoms with Crippen LogP contribution in [0.1, 0.15) is 123 Å². The average molecular weight is 1140 g/mol. The largest absolute Gasteiger partial charge is 0.494 e. The van der Waals surface area contributed by atoms with Crippen LogP contribution >= 0.6 is 0 Å². The Kier molecular flexibility index (Phi) is 24.8. The zero-order chi connectivity index (χ0) is 58.4. The minimum atomic E-state index is -1.13. The molecule has 83 heavy (non-hydrogen) atoms. The second kappa shape index (κ2) is 33.5. The summed E-state index contributed by atoms with van der Waals surface area (Å²) in [7, 11) is 1.27. The third kappa shape index (κ3) is 21.3. The lowest BCUT2D eigenvalue weighted by Crippen LogP contribution is -2.30. The maximum atomic E-state index is 12.9. The average Bonchev–Trinajstić information content (AvgIpc) is 3.61. The van der Waals surface area contributed by atoms with E-state index in [0.717, 1.165) is 99.7 Å². The molecule has 6 aromatic rings. The Hall–Kier alpha value is -9.22. The topological polar surface area (TPSA) is 303 Å². The summed E-state index contributed by atoms with van der Waals surface area (Å²) in [5.41, 5.74) is 3.78. The highest BCUT2D eigenvalue weighted by Gasteiger charge is 2.19. The van der Waals surface area contributed by atoms with Gasteiger partial charge in [-0.1, -0.05) is 75.6 Å². The van der Waals surface area contributed by atoms with Crippen molar-refractivity contribution in [3.63, 3.8) is 0 Å². The van der Waals surface area contributed by atoms with Crippen molar-refractivity contribution >= 4 is 58.9 Å². The summed E-state index contributed by atoms with van der Waals surface area (Å²) in [4.78, 5) is 74.5. The van der Waals surface area contributed by atoms with Crippen molar-refractivity contribution in [2.75, 3.05) is 81.1 Å². The second-order valence-electron chi connectivity index (χ2n) is 19.0. The monoisotopic (exact) mass is 1140 g/mol. The lowest BCUT2D eigenvalue weighted by molar-refractivity contribution is -0.139. The van der Waals surface area contributed by atoms with Crippen molar-refractivity contribution in [1.82, 2.24) is 40.5 Å². The maximum absolute atomic E-state index is 12.9. The number of rotatable bonds is 10. The first-order valence-corrected chi connectivity index (χ1v) is 28.2. The van der Waals surface area contributed by atoms with Gasteiger partial charge in [-0.05, 0) is 99.2 Å². The van der Waals surface area contributed by atoms with Gasteiger partial charge in [-0.2, -0.15) is 29.9 Å². The van der Waals surface area contributed by atoms with Crippen molar-refractivity contribution in [3.05, 3.63) is 107 Å². The number of carboxylic acids is 1. The van der Waals surface area contributed by atoms with Gasteiger partial charge in [-0.25, -0.2) is 0 Å². The number of esters is 1. The van der Waals surface area contributed by atoms with E-state index in [1.165, 1.54) is 7.11 Å². The van der Waals surface area contributed by atoms with Gasteiger partial charge in [0.15, 0.2) is 0 Å². The smallest absolute Gasteiger partial charge is 0.325 e. The highest BCUT2D eigenvalue weighted by molar-refractivity contribution is 5.99. The van der Waals surface area contributed by atoms with Crippen LogP contribution in [-0.4, -0.2) is 119 Å². The molecular formula is C59H74N12O12. The highest BCUT2D eigenvalue weighted by atomic mass is 16.5. The molecule has 24 nitrogen and oxygen atoms in total. The maximum Gasteiger partial charge on any atom is 0.325 e. The highest BCUT2D eigenvalue weighted by Crippen LogP contribution is 2.29. The Morgan fingerprint density at radius 1 is 0.494 bits per heavy atom. The van der Waals surface area contributed by atoms with Gasteiger partial charge < -0.3 is 70.2 Å². The number of hydrogen-bond acceptors (Lipinski definition) is 21. The number of aliphatic carboxylic acids is 1. The number of carbonyl (C=O) groups excluding carboxylic acids is 3. The Bertz CT molecular complexity index is 3030. The fourth-order valence-electron chi connectivity index (χ4n) is 8.35. The van der Waals surface area contributed by atoms with Gasteiger partial charge in [0.1, 0.15) is 36.1 Å². The van der Waals surface area contributed by atoms with Crippen molar-refractivity contribution in [2.24, 2.45) is 0 Å². The van der Waals surface area contributed by atoms with Crippen molar-refractivity contribution in [3.8, 4) is 35.0 Å². The Balaban J connectivity index is 0.000000239. The molecule has 12 bridgehead atoms. The van der Waals surface area contributed by atoms with Crippen LogP contribution in [0, 0.1) is 0 Å². The van der Waals surface area contributed by atoms with Crippen LogP contribution in [0.15, 0.2) is 84.9 Å². The molecule has 2 aromatic heterocycles. The molecule has 24 heteroatoms. The van der Waals surface area contributed by atoms with Crippen LogP contribution in [-0.2, 0) is 27.4 Å². The van der Waals surface area contributed by atoms with Gasteiger partial charge in [0, 0.05) is 36.6 Å². The van der Waals surface area contributed by atoms with Crippen LogP contribution in [0.25, 0.3) is 0 Å². The molecule has 4 aliphatic rings. The number of carbonyl (C=O) groups is 4. The zero-order valence-electron chi connectivity index (χ0n) is 47.3. The first-order valence-electron chi connectivity index (χ1n) is 28.2. The quantitative estimate of drug-likeness (QED) is 0.0629. The van der Waals surface area contributed by atoms with Crippen molar-refractivity contribution < 1.29 is 57.4 Å². The standard InChI is InChI=1S/C30H38N6O6.C29H36N6O6/c1-3-40-30-35-28-32-19-21-10-13-23(14-11-21)41-16-8-6-4-5-7-9-17-42-25-18-22(33-29(34-28)36-30)12-15-24(25)27(38)31-20-26(37)39-2;1-2-39-29-34-27-31-18-20-9-12-22(13-10-20)40-15-7-5-3-4-6-8-16-41-24-17-21(32-28(33-27)35-29)11-14-23(24)26(38)30-19-25(36)37/h10-15,18H,3-9,16-17,19-20H2,1-2H3,(H,31,38)(H2,32,33,34,35,36);9-14,17H,2-8,15-16,18-19H2,1H3,(H,30,38)(H,36,37)(H2,31,32,33,34,35). The van der Waals surface area contributed by atoms with Gasteiger partial charge in [0.25, 0.3) is 11.8 Å². The van der Waals surface area contributed by atoms with E-state index in [0.29, 0.717) is 93.1 Å². The molecule has 0 radical (unpaired) electrons. The molecule has 0 saturated heterocycles. The van der Waals surface area contributed by atoms with E-state index in [1.54, 1.807) is 36.4 Å². The van der Waals surface area contributed by atoms with Gasteiger partial charge in [0.05, 0.1) is 57.9 Å². The SMILES string of the molecule is CCOc1nc2nc(n1)Nc1ccc(C(=O)NCC(=O)O)c(c1)OCCCCCCCCOc1ccc(cc1)CN2.CCOc1nc2nc(n1)Nc1ccc(C(=O)NCC(=O)OC)c(c1)OCCCCCCCCOc1ccc(cc1)CN2. The van der Waals surface area contributed by atoms with Crippen LogP contribution in [0.3, 0.4) is 0 Å². The number of carboxylic acid groups (broad SMARTS) is 1. The number of nitrogens with zero attached hydrogens (tertiary/aromatic N) is 6. The first-order chi connectivity index (χ1) is 40.5. The summed E-state index contributed by atoms with van der Waals surface area (Å²) in [6, 6.07) is 26.2. The second-order valence-corrected chi connectivity index (χ2v) is 19.0. The zero-order valence-corrected chi connectivity index (χ0v) is 47.3. The summed E-state index contributed by atoms with van der Waals surface area (Å²) in [6.07, 6.45) is 12.2. The Labute approximate surface area is 482 Å². The van der Waals surface area contributed by atoms with Gasteiger partial charge in [-0.15, -0.1) is 0 Å². The summed E-state index contributed by atoms with van der Waals surface area (Å²) in [5.74, 6) is 0.892.